The first-order chi connectivity index (χ1) is 18.7. The number of nitrogens with two attached hydrogens (primary N) is 1. The highest BCUT2D eigenvalue weighted by atomic mass is 19.1. The van der Waals surface area contributed by atoms with Crippen molar-refractivity contribution in [1.82, 2.24) is 24.5 Å². The summed E-state index contributed by atoms with van der Waals surface area (Å²) < 4.78 is 35.5. The molecule has 4 atom stereocenters. The number of likely N-dealkylation sites (N-methyl/N-ethyl adjacent to an activating group) is 1. The molecule has 1 amide bonds. The molecule has 0 spiro atoms. The van der Waals surface area contributed by atoms with E-state index in [0.29, 0.717) is 24.2 Å². The molecule has 1 aliphatic rings. The number of rotatable bonds is 5. The van der Waals surface area contributed by atoms with E-state index in [1.165, 1.54) is 13.2 Å². The quantitative estimate of drug-likeness (QED) is 0.391. The Morgan fingerprint density at radius 1 is 1.21 bits per heavy atom. The van der Waals surface area contributed by atoms with Crippen LogP contribution in [0.1, 0.15) is 42.6 Å². The number of methoxy groups -OCH3 is 1. The lowest BCUT2D eigenvalue weighted by Crippen LogP contribution is -2.55. The van der Waals surface area contributed by atoms with E-state index < -0.39 is 23.5 Å². The molecule has 204 valence electrons. The van der Waals surface area contributed by atoms with Gasteiger partial charge < -0.3 is 20.5 Å². The van der Waals surface area contributed by atoms with Gasteiger partial charge in [0.25, 0.3) is 0 Å². The molecule has 1 fully saturated rings. The van der Waals surface area contributed by atoms with Gasteiger partial charge in [0.1, 0.15) is 23.2 Å². The molecule has 0 unspecified atom stereocenters. The van der Waals surface area contributed by atoms with Gasteiger partial charge in [0.2, 0.25) is 0 Å². The smallest absolute Gasteiger partial charge is 0.409 e. The number of hydrogen-bond donors (Lipinski definition) is 2. The fraction of sp³-hybridized carbons (Fsp3) is 0.357. The average molecular weight is 537 g/mol. The average Bonchev–Trinajstić information content (AvgIpc) is 3.29. The van der Waals surface area contributed by atoms with Crippen molar-refractivity contribution < 1.29 is 23.4 Å². The number of imidazole rings is 1. The number of ether oxygens (including phenoxy) is 1. The summed E-state index contributed by atoms with van der Waals surface area (Å²) in [6.45, 7) is 2.09. The Labute approximate surface area is 224 Å². The van der Waals surface area contributed by atoms with Crippen LogP contribution >= 0.6 is 0 Å². The number of hydrogen-bond acceptors (Lipinski definition) is 7. The van der Waals surface area contributed by atoms with Gasteiger partial charge in [0, 0.05) is 44.0 Å². The first kappa shape index (κ1) is 26.5. The lowest BCUT2D eigenvalue weighted by atomic mass is 9.72. The van der Waals surface area contributed by atoms with Crippen LogP contribution in [-0.2, 0) is 11.2 Å². The minimum absolute atomic E-state index is 0.0796. The maximum atomic E-state index is 14.5. The van der Waals surface area contributed by atoms with Gasteiger partial charge in [-0.05, 0) is 54.0 Å². The van der Waals surface area contributed by atoms with Gasteiger partial charge in [-0.1, -0.05) is 6.92 Å². The molecule has 5 rings (SSSR count). The Hall–Kier alpha value is -4.12. The number of halogens is 2. The Morgan fingerprint density at radius 3 is 2.64 bits per heavy atom. The number of carbonyl (C=O) groups excluding carboxylic acids is 1. The fourth-order valence-electron chi connectivity index (χ4n) is 5.91. The normalized spacial score (nSPS) is 21.2. The SMILES string of the molecule is COC(=O)N(C)[C@@H]1[C@H](N)C[C@H](c2ccncc2Cc2ncc3ccc(-c4c(F)cc(O)cc4F)nn23)C[C@@H]1C. The van der Waals surface area contributed by atoms with Gasteiger partial charge in [0.05, 0.1) is 36.1 Å². The molecule has 3 aromatic heterocycles. The number of amides is 1. The zero-order valence-corrected chi connectivity index (χ0v) is 21.9. The van der Waals surface area contributed by atoms with Crippen LogP contribution in [-0.4, -0.2) is 61.9 Å². The van der Waals surface area contributed by atoms with Crippen molar-refractivity contribution in [2.24, 2.45) is 11.7 Å². The van der Waals surface area contributed by atoms with Crippen molar-refractivity contribution in [2.45, 2.75) is 44.2 Å². The third-order valence-corrected chi connectivity index (χ3v) is 7.61. The van der Waals surface area contributed by atoms with Crippen LogP contribution in [0.15, 0.2) is 48.9 Å². The second kappa shape index (κ2) is 10.6. The minimum atomic E-state index is -0.908. The maximum absolute atomic E-state index is 14.5. The monoisotopic (exact) mass is 536 g/mol. The molecule has 1 saturated carbocycles. The molecule has 0 saturated heterocycles. The Bertz CT molecular complexity index is 1490. The van der Waals surface area contributed by atoms with E-state index in [2.05, 4.69) is 22.0 Å². The summed E-state index contributed by atoms with van der Waals surface area (Å²) in [5.41, 5.74) is 9.05. The summed E-state index contributed by atoms with van der Waals surface area (Å²) in [7, 11) is 3.07. The van der Waals surface area contributed by atoms with Gasteiger partial charge in [-0.2, -0.15) is 5.10 Å². The number of fused-ring (bicyclic) bond motifs is 1. The van der Waals surface area contributed by atoms with Crippen molar-refractivity contribution in [1.29, 1.82) is 0 Å². The molecule has 0 aliphatic heterocycles. The highest BCUT2D eigenvalue weighted by Gasteiger charge is 2.39. The van der Waals surface area contributed by atoms with Crippen molar-refractivity contribution in [3.63, 3.8) is 0 Å². The third-order valence-electron chi connectivity index (χ3n) is 7.61. The minimum Gasteiger partial charge on any atom is -0.508 e. The number of nitrogens with zero attached hydrogens (tertiary/aromatic N) is 5. The van der Waals surface area contributed by atoms with Crippen LogP contribution < -0.4 is 5.73 Å². The van der Waals surface area contributed by atoms with Gasteiger partial charge in [-0.25, -0.2) is 23.1 Å². The van der Waals surface area contributed by atoms with Crippen LogP contribution in [0.25, 0.3) is 16.8 Å². The lowest BCUT2D eigenvalue weighted by molar-refractivity contribution is 0.0777. The van der Waals surface area contributed by atoms with E-state index in [9.17, 15) is 18.7 Å². The summed E-state index contributed by atoms with van der Waals surface area (Å²) in [6, 6.07) is 6.51. The number of pyridine rings is 1. The molecule has 1 aliphatic carbocycles. The van der Waals surface area contributed by atoms with E-state index in [0.717, 1.165) is 29.7 Å². The third kappa shape index (κ3) is 5.01. The highest BCUT2D eigenvalue weighted by molar-refractivity contribution is 5.67. The predicted molar refractivity (Wildman–Crippen MR) is 140 cm³/mol. The summed E-state index contributed by atoms with van der Waals surface area (Å²) >= 11 is 0. The van der Waals surface area contributed by atoms with Crippen molar-refractivity contribution in [3.05, 3.63) is 77.5 Å². The Balaban J connectivity index is 1.44. The van der Waals surface area contributed by atoms with Gasteiger partial charge >= 0.3 is 6.09 Å². The molecular weight excluding hydrogens is 506 g/mol. The standard InChI is InChI=1S/C28H30F2N6O3/c1-15-8-16(9-23(31)27(15)35(2)28(38)39-3)20-6-7-32-13-17(20)10-25-33-14-18-4-5-24(34-36(18)25)26-21(29)11-19(37)12-22(26)30/h4-7,11-16,23,27,37H,8-10,31H2,1-3H3/t15-,16+,23+,27-/m0/s1. The number of benzene rings is 1. The molecule has 11 heteroatoms. The second-order valence-electron chi connectivity index (χ2n) is 10.1. The van der Waals surface area contributed by atoms with Gasteiger partial charge in [0.15, 0.2) is 0 Å². The molecule has 3 N–H and O–H groups in total. The summed E-state index contributed by atoms with van der Waals surface area (Å²) in [4.78, 5) is 22.6. The lowest BCUT2D eigenvalue weighted by Gasteiger charge is -2.43. The zero-order valence-electron chi connectivity index (χ0n) is 21.9. The van der Waals surface area contributed by atoms with Gasteiger partial charge in [-0.3, -0.25) is 4.98 Å². The topological polar surface area (TPSA) is 119 Å². The summed E-state index contributed by atoms with van der Waals surface area (Å²) in [5.74, 6) is -1.45. The molecule has 0 bridgehead atoms. The van der Waals surface area contributed by atoms with Crippen molar-refractivity contribution in [2.75, 3.05) is 14.2 Å². The van der Waals surface area contributed by atoms with Crippen molar-refractivity contribution in [3.8, 4) is 17.0 Å². The number of aromatic hydroxyl groups is 1. The van der Waals surface area contributed by atoms with Crippen molar-refractivity contribution >= 4 is 11.6 Å². The fourth-order valence-corrected chi connectivity index (χ4v) is 5.91. The highest BCUT2D eigenvalue weighted by Crippen LogP contribution is 2.39. The Kier molecular flexibility index (Phi) is 7.17. The van der Waals surface area contributed by atoms with Crippen LogP contribution in [0.4, 0.5) is 13.6 Å². The van der Waals surface area contributed by atoms with E-state index in [1.54, 1.807) is 41.1 Å². The van der Waals surface area contributed by atoms with E-state index in [4.69, 9.17) is 10.5 Å². The first-order valence-corrected chi connectivity index (χ1v) is 12.7. The van der Waals surface area contributed by atoms with E-state index >= 15 is 0 Å². The number of phenols is 1. The van der Waals surface area contributed by atoms with Crippen LogP contribution in [0.2, 0.25) is 0 Å². The van der Waals surface area contributed by atoms with Crippen LogP contribution in [0.5, 0.6) is 5.75 Å². The predicted octanol–water partition coefficient (Wildman–Crippen LogP) is 4.27. The number of aromatic nitrogens is 4. The Morgan fingerprint density at radius 2 is 1.95 bits per heavy atom. The first-order valence-electron chi connectivity index (χ1n) is 12.7. The molecule has 1 aromatic carbocycles. The largest absolute Gasteiger partial charge is 0.508 e. The van der Waals surface area contributed by atoms with Crippen LogP contribution in [0, 0.1) is 17.6 Å². The maximum Gasteiger partial charge on any atom is 0.409 e. The molecule has 3 heterocycles. The second-order valence-corrected chi connectivity index (χ2v) is 10.1. The van der Waals surface area contributed by atoms with E-state index in [-0.39, 0.29) is 35.2 Å². The number of carbonyl (C=O) groups is 1. The molecule has 39 heavy (non-hydrogen) atoms. The van der Waals surface area contributed by atoms with E-state index in [1.807, 2.05) is 6.07 Å². The number of phenolic OH excluding ortho intramolecular Hbond substituents is 1. The molecule has 4 aromatic rings. The molecule has 0 radical (unpaired) electrons. The molecular formula is C28H30F2N6O3. The van der Waals surface area contributed by atoms with Crippen LogP contribution in [0.3, 0.4) is 0 Å². The summed E-state index contributed by atoms with van der Waals surface area (Å²) in [5, 5.41) is 14.0. The molecule has 9 nitrogen and oxygen atoms in total. The summed E-state index contributed by atoms with van der Waals surface area (Å²) in [6.07, 6.45) is 6.67. The zero-order chi connectivity index (χ0) is 27.8. The van der Waals surface area contributed by atoms with Gasteiger partial charge in [-0.15, -0.1) is 0 Å².